The lowest BCUT2D eigenvalue weighted by Crippen LogP contribution is -2.33. The Kier molecular flexibility index (Phi) is 5.21. The molecule has 1 saturated heterocycles. The van der Waals surface area contributed by atoms with Crippen LogP contribution < -0.4 is 5.32 Å². The molecule has 2 rings (SSSR count). The highest BCUT2D eigenvalue weighted by Crippen LogP contribution is 2.16. The lowest BCUT2D eigenvalue weighted by molar-refractivity contribution is 0.0156. The highest BCUT2D eigenvalue weighted by atomic mass is 16.5. The van der Waals surface area contributed by atoms with E-state index in [1.54, 1.807) is 0 Å². The number of aryl methyl sites for hydroxylation is 1. The van der Waals surface area contributed by atoms with Crippen molar-refractivity contribution in [2.45, 2.75) is 51.7 Å². The maximum absolute atomic E-state index is 5.74. The van der Waals surface area contributed by atoms with Crippen molar-refractivity contribution in [3.8, 4) is 0 Å². The fraction of sp³-hybridized carbons (Fsp3) is 0.625. The van der Waals surface area contributed by atoms with Gasteiger partial charge in [-0.1, -0.05) is 31.2 Å². The summed E-state index contributed by atoms with van der Waals surface area (Å²) in [6.07, 6.45) is 5.26. The van der Waals surface area contributed by atoms with Gasteiger partial charge in [-0.3, -0.25) is 0 Å². The molecule has 100 valence electrons. The van der Waals surface area contributed by atoms with Gasteiger partial charge in [0.05, 0.1) is 6.10 Å². The van der Waals surface area contributed by atoms with Gasteiger partial charge in [0.25, 0.3) is 0 Å². The molecule has 0 spiro atoms. The molecular formula is C16H25NO. The zero-order valence-electron chi connectivity index (χ0n) is 11.6. The van der Waals surface area contributed by atoms with Gasteiger partial charge in [0.15, 0.2) is 0 Å². The van der Waals surface area contributed by atoms with Crippen LogP contribution in [0.1, 0.15) is 50.3 Å². The van der Waals surface area contributed by atoms with Gasteiger partial charge >= 0.3 is 0 Å². The molecule has 1 aromatic carbocycles. The van der Waals surface area contributed by atoms with Gasteiger partial charge in [0.2, 0.25) is 0 Å². The van der Waals surface area contributed by atoms with Gasteiger partial charge in [-0.2, -0.15) is 0 Å². The van der Waals surface area contributed by atoms with E-state index in [4.69, 9.17) is 4.74 Å². The normalized spacial score (nSPS) is 21.8. The first-order chi connectivity index (χ1) is 8.79. The molecule has 2 nitrogen and oxygen atoms in total. The molecule has 2 atom stereocenters. The van der Waals surface area contributed by atoms with E-state index in [2.05, 4.69) is 43.4 Å². The fourth-order valence-electron chi connectivity index (χ4n) is 2.44. The standard InChI is InChI=1S/C16H25NO/c1-3-14-7-9-15(10-8-14)13(2)17-12-16-6-4-5-11-18-16/h7-10,13,16-17H,3-6,11-12H2,1-2H3. The molecule has 0 radical (unpaired) electrons. The van der Waals surface area contributed by atoms with Gasteiger partial charge in [-0.25, -0.2) is 0 Å². The van der Waals surface area contributed by atoms with Crippen LogP contribution in [-0.4, -0.2) is 19.3 Å². The molecule has 0 aliphatic carbocycles. The summed E-state index contributed by atoms with van der Waals surface area (Å²) in [5.41, 5.74) is 2.77. The van der Waals surface area contributed by atoms with Gasteiger partial charge < -0.3 is 10.1 Å². The number of benzene rings is 1. The van der Waals surface area contributed by atoms with Crippen LogP contribution in [0.15, 0.2) is 24.3 Å². The molecule has 1 aromatic rings. The van der Waals surface area contributed by atoms with Gasteiger partial charge in [-0.05, 0) is 43.7 Å². The van der Waals surface area contributed by atoms with Crippen LogP contribution in [0.2, 0.25) is 0 Å². The second-order valence-corrected chi connectivity index (χ2v) is 5.21. The summed E-state index contributed by atoms with van der Waals surface area (Å²) in [6.45, 7) is 6.32. The largest absolute Gasteiger partial charge is 0.377 e. The topological polar surface area (TPSA) is 21.3 Å². The highest BCUT2D eigenvalue weighted by molar-refractivity contribution is 5.24. The first kappa shape index (κ1) is 13.6. The molecule has 2 heteroatoms. The predicted octanol–water partition coefficient (Wildman–Crippen LogP) is 3.47. The quantitative estimate of drug-likeness (QED) is 0.860. The zero-order valence-corrected chi connectivity index (χ0v) is 11.6. The highest BCUT2D eigenvalue weighted by Gasteiger charge is 2.14. The van der Waals surface area contributed by atoms with Gasteiger partial charge in [0.1, 0.15) is 0 Å². The van der Waals surface area contributed by atoms with Crippen molar-refractivity contribution in [3.63, 3.8) is 0 Å². The maximum Gasteiger partial charge on any atom is 0.0699 e. The van der Waals surface area contributed by atoms with Crippen LogP contribution in [0, 0.1) is 0 Å². The van der Waals surface area contributed by atoms with Crippen molar-refractivity contribution in [1.29, 1.82) is 0 Å². The first-order valence-electron chi connectivity index (χ1n) is 7.23. The van der Waals surface area contributed by atoms with Crippen LogP contribution >= 0.6 is 0 Å². The van der Waals surface area contributed by atoms with E-state index in [9.17, 15) is 0 Å². The molecule has 0 saturated carbocycles. The van der Waals surface area contributed by atoms with Crippen molar-refractivity contribution in [2.75, 3.05) is 13.2 Å². The van der Waals surface area contributed by atoms with Crippen LogP contribution in [0.5, 0.6) is 0 Å². The van der Waals surface area contributed by atoms with Crippen LogP contribution in [0.3, 0.4) is 0 Å². The fourth-order valence-corrected chi connectivity index (χ4v) is 2.44. The van der Waals surface area contributed by atoms with Gasteiger partial charge in [-0.15, -0.1) is 0 Å². The van der Waals surface area contributed by atoms with Crippen molar-refractivity contribution >= 4 is 0 Å². The predicted molar refractivity (Wildman–Crippen MR) is 75.8 cm³/mol. The van der Waals surface area contributed by atoms with Crippen LogP contribution in [0.25, 0.3) is 0 Å². The van der Waals surface area contributed by atoms with Crippen LogP contribution in [-0.2, 0) is 11.2 Å². The minimum atomic E-state index is 0.404. The average Bonchev–Trinajstić information content (AvgIpc) is 2.46. The molecular weight excluding hydrogens is 222 g/mol. The molecule has 0 aromatic heterocycles. The number of hydrogen-bond acceptors (Lipinski definition) is 2. The monoisotopic (exact) mass is 247 g/mol. The molecule has 1 fully saturated rings. The molecule has 1 heterocycles. The van der Waals surface area contributed by atoms with Crippen molar-refractivity contribution in [3.05, 3.63) is 35.4 Å². The van der Waals surface area contributed by atoms with E-state index >= 15 is 0 Å². The molecule has 1 aliphatic rings. The lowest BCUT2D eigenvalue weighted by atomic mass is 10.0. The Hall–Kier alpha value is -0.860. The minimum absolute atomic E-state index is 0.404. The summed E-state index contributed by atoms with van der Waals surface area (Å²) < 4.78 is 5.74. The van der Waals surface area contributed by atoms with E-state index in [-0.39, 0.29) is 0 Å². The minimum Gasteiger partial charge on any atom is -0.377 e. The second-order valence-electron chi connectivity index (χ2n) is 5.21. The Morgan fingerprint density at radius 3 is 2.67 bits per heavy atom. The van der Waals surface area contributed by atoms with Crippen molar-refractivity contribution in [2.24, 2.45) is 0 Å². The van der Waals surface area contributed by atoms with E-state index in [1.807, 2.05) is 0 Å². The maximum atomic E-state index is 5.74. The lowest BCUT2D eigenvalue weighted by Gasteiger charge is -2.25. The number of rotatable bonds is 5. The first-order valence-corrected chi connectivity index (χ1v) is 7.23. The molecule has 2 unspecified atom stereocenters. The summed E-state index contributed by atoms with van der Waals surface area (Å²) in [6, 6.07) is 9.33. The number of nitrogens with one attached hydrogen (secondary N) is 1. The Labute approximate surface area is 111 Å². The third-order valence-electron chi connectivity index (χ3n) is 3.81. The van der Waals surface area contributed by atoms with E-state index in [0.717, 1.165) is 19.6 Å². The number of ether oxygens (including phenoxy) is 1. The summed E-state index contributed by atoms with van der Waals surface area (Å²) in [7, 11) is 0. The van der Waals surface area contributed by atoms with E-state index in [1.165, 1.54) is 30.4 Å². The zero-order chi connectivity index (χ0) is 12.8. The Bertz CT molecular complexity index is 341. The summed E-state index contributed by atoms with van der Waals surface area (Å²) in [5.74, 6) is 0. The molecule has 0 amide bonds. The Morgan fingerprint density at radius 1 is 1.28 bits per heavy atom. The Balaban J connectivity index is 1.80. The molecule has 18 heavy (non-hydrogen) atoms. The SMILES string of the molecule is CCc1ccc(C(C)NCC2CCCCO2)cc1. The average molecular weight is 247 g/mol. The molecule has 1 N–H and O–H groups in total. The Morgan fingerprint density at radius 2 is 2.06 bits per heavy atom. The third kappa shape index (κ3) is 3.82. The smallest absolute Gasteiger partial charge is 0.0699 e. The number of hydrogen-bond donors (Lipinski definition) is 1. The summed E-state index contributed by atoms with van der Waals surface area (Å²) >= 11 is 0. The summed E-state index contributed by atoms with van der Waals surface area (Å²) in [5, 5.41) is 3.58. The van der Waals surface area contributed by atoms with E-state index in [0.29, 0.717) is 12.1 Å². The molecule has 1 aliphatic heterocycles. The van der Waals surface area contributed by atoms with Crippen LogP contribution in [0.4, 0.5) is 0 Å². The third-order valence-corrected chi connectivity index (χ3v) is 3.81. The van der Waals surface area contributed by atoms with Gasteiger partial charge in [0, 0.05) is 19.2 Å². The van der Waals surface area contributed by atoms with E-state index < -0.39 is 0 Å². The molecule has 0 bridgehead atoms. The summed E-state index contributed by atoms with van der Waals surface area (Å²) in [4.78, 5) is 0. The van der Waals surface area contributed by atoms with Crippen molar-refractivity contribution < 1.29 is 4.74 Å². The van der Waals surface area contributed by atoms with Crippen molar-refractivity contribution in [1.82, 2.24) is 5.32 Å². The second kappa shape index (κ2) is 6.91.